The van der Waals surface area contributed by atoms with E-state index in [1.165, 1.54) is 18.5 Å². The van der Waals surface area contributed by atoms with Crippen LogP contribution in [-0.2, 0) is 0 Å². The Balaban J connectivity index is 2.11. The van der Waals surface area contributed by atoms with Crippen molar-refractivity contribution in [2.75, 3.05) is 5.43 Å². The van der Waals surface area contributed by atoms with E-state index < -0.39 is 5.91 Å². The fourth-order valence-electron chi connectivity index (χ4n) is 1.46. The number of benzene rings is 1. The molecule has 0 spiro atoms. The van der Waals surface area contributed by atoms with Crippen LogP contribution >= 0.6 is 27.5 Å². The van der Waals surface area contributed by atoms with E-state index in [9.17, 15) is 9.90 Å². The third-order valence-electron chi connectivity index (χ3n) is 2.36. The highest BCUT2D eigenvalue weighted by Gasteiger charge is 2.14. The number of rotatable bonds is 3. The van der Waals surface area contributed by atoms with E-state index in [-0.39, 0.29) is 22.3 Å². The van der Waals surface area contributed by atoms with Crippen molar-refractivity contribution < 1.29 is 9.90 Å². The van der Waals surface area contributed by atoms with E-state index in [4.69, 9.17) is 11.6 Å². The molecule has 0 radical (unpaired) electrons. The Morgan fingerprint density at radius 2 is 2.00 bits per heavy atom. The molecular formula is C12H10BrClN4O2. The SMILES string of the molecule is Cc1cc(Cl)c(O)c(C(=O)NNc2ncc(Br)cn2)c1. The highest BCUT2D eigenvalue weighted by molar-refractivity contribution is 9.10. The van der Waals surface area contributed by atoms with Crippen LogP contribution < -0.4 is 10.9 Å². The molecule has 1 heterocycles. The van der Waals surface area contributed by atoms with Crippen LogP contribution in [0.1, 0.15) is 15.9 Å². The molecule has 8 heteroatoms. The molecule has 0 aliphatic rings. The first kappa shape index (κ1) is 14.5. The molecule has 0 saturated heterocycles. The van der Waals surface area contributed by atoms with Crippen LogP contribution in [-0.4, -0.2) is 21.0 Å². The summed E-state index contributed by atoms with van der Waals surface area (Å²) in [6.07, 6.45) is 3.06. The second-order valence-corrected chi connectivity index (χ2v) is 5.27. The first-order valence-electron chi connectivity index (χ1n) is 5.50. The molecule has 0 atom stereocenters. The second-order valence-electron chi connectivity index (χ2n) is 3.95. The van der Waals surface area contributed by atoms with E-state index in [2.05, 4.69) is 36.7 Å². The summed E-state index contributed by atoms with van der Waals surface area (Å²) in [7, 11) is 0. The van der Waals surface area contributed by atoms with Crippen LogP contribution in [0.15, 0.2) is 29.0 Å². The topological polar surface area (TPSA) is 87.1 Å². The van der Waals surface area contributed by atoms with Crippen molar-refractivity contribution in [2.24, 2.45) is 0 Å². The highest BCUT2D eigenvalue weighted by atomic mass is 79.9. The van der Waals surface area contributed by atoms with Crippen LogP contribution in [0.25, 0.3) is 0 Å². The summed E-state index contributed by atoms with van der Waals surface area (Å²) in [5, 5.41) is 9.89. The van der Waals surface area contributed by atoms with Gasteiger partial charge in [0, 0.05) is 12.4 Å². The fraction of sp³-hybridized carbons (Fsp3) is 0.0833. The number of carbonyl (C=O) groups excluding carboxylic acids is 1. The number of anilines is 1. The molecule has 1 aromatic heterocycles. The minimum Gasteiger partial charge on any atom is -0.506 e. The number of hydrogen-bond acceptors (Lipinski definition) is 5. The molecule has 0 bridgehead atoms. The lowest BCUT2D eigenvalue weighted by atomic mass is 10.1. The molecule has 1 aromatic carbocycles. The molecule has 0 unspecified atom stereocenters. The summed E-state index contributed by atoms with van der Waals surface area (Å²) >= 11 is 9.02. The summed E-state index contributed by atoms with van der Waals surface area (Å²) in [5.74, 6) is -0.590. The Hall–Kier alpha value is -1.86. The first-order valence-corrected chi connectivity index (χ1v) is 6.67. The largest absolute Gasteiger partial charge is 0.506 e. The molecule has 2 aromatic rings. The minimum absolute atomic E-state index is 0.0691. The summed E-state index contributed by atoms with van der Waals surface area (Å²) in [4.78, 5) is 19.8. The van der Waals surface area contributed by atoms with Crippen molar-refractivity contribution in [1.82, 2.24) is 15.4 Å². The number of hydrogen-bond donors (Lipinski definition) is 3. The van der Waals surface area contributed by atoms with Gasteiger partial charge in [0.15, 0.2) is 0 Å². The number of aromatic nitrogens is 2. The van der Waals surface area contributed by atoms with E-state index in [1.54, 1.807) is 13.0 Å². The standard InChI is InChI=1S/C12H10BrClN4O2/c1-6-2-8(10(19)9(14)3-6)11(20)17-18-12-15-4-7(13)5-16-12/h2-5,19H,1H3,(H,17,20)(H,15,16,18). The Bertz CT molecular complexity index is 649. The summed E-state index contributed by atoms with van der Waals surface area (Å²) < 4.78 is 0.720. The summed E-state index contributed by atoms with van der Waals surface area (Å²) in [6, 6.07) is 3.10. The number of amides is 1. The number of carbonyl (C=O) groups is 1. The number of aryl methyl sites for hydroxylation is 1. The molecule has 2 rings (SSSR count). The normalized spacial score (nSPS) is 10.2. The zero-order chi connectivity index (χ0) is 14.7. The molecule has 0 aliphatic heterocycles. The van der Waals surface area contributed by atoms with Crippen LogP contribution in [0.4, 0.5) is 5.95 Å². The maximum atomic E-state index is 12.0. The fourth-order valence-corrected chi connectivity index (χ4v) is 1.94. The van der Waals surface area contributed by atoms with E-state index >= 15 is 0 Å². The molecule has 104 valence electrons. The lowest BCUT2D eigenvalue weighted by Gasteiger charge is -2.09. The van der Waals surface area contributed by atoms with Gasteiger partial charge in [-0.05, 0) is 40.5 Å². The number of nitrogens with one attached hydrogen (secondary N) is 2. The third-order valence-corrected chi connectivity index (χ3v) is 3.06. The quantitative estimate of drug-likeness (QED) is 0.735. The van der Waals surface area contributed by atoms with Crippen molar-refractivity contribution >= 4 is 39.4 Å². The molecular weight excluding hydrogens is 348 g/mol. The number of nitrogens with zero attached hydrogens (tertiary/aromatic N) is 2. The van der Waals surface area contributed by atoms with Gasteiger partial charge in [-0.15, -0.1) is 0 Å². The number of halogens is 2. The predicted molar refractivity (Wildman–Crippen MR) is 78.7 cm³/mol. The average molecular weight is 358 g/mol. The molecule has 0 fully saturated rings. The Labute approximate surface area is 128 Å². The van der Waals surface area contributed by atoms with Gasteiger partial charge in [0.05, 0.1) is 15.1 Å². The van der Waals surface area contributed by atoms with Gasteiger partial charge in [0.25, 0.3) is 5.91 Å². The minimum atomic E-state index is -0.542. The van der Waals surface area contributed by atoms with Crippen molar-refractivity contribution in [3.8, 4) is 5.75 Å². The highest BCUT2D eigenvalue weighted by Crippen LogP contribution is 2.28. The zero-order valence-corrected chi connectivity index (χ0v) is 12.7. The number of phenols is 1. The van der Waals surface area contributed by atoms with Crippen LogP contribution in [0.3, 0.4) is 0 Å². The molecule has 0 aliphatic carbocycles. The van der Waals surface area contributed by atoms with Gasteiger partial charge < -0.3 is 5.11 Å². The van der Waals surface area contributed by atoms with Gasteiger partial charge in [-0.25, -0.2) is 9.97 Å². The zero-order valence-electron chi connectivity index (χ0n) is 10.3. The van der Waals surface area contributed by atoms with Crippen molar-refractivity contribution in [3.63, 3.8) is 0 Å². The Morgan fingerprint density at radius 1 is 1.35 bits per heavy atom. The lowest BCUT2D eigenvalue weighted by molar-refractivity contribution is 0.0959. The van der Waals surface area contributed by atoms with Crippen molar-refractivity contribution in [2.45, 2.75) is 6.92 Å². The number of aromatic hydroxyl groups is 1. The van der Waals surface area contributed by atoms with Gasteiger partial charge in [-0.3, -0.25) is 15.6 Å². The lowest BCUT2D eigenvalue weighted by Crippen LogP contribution is -2.30. The van der Waals surface area contributed by atoms with Gasteiger partial charge >= 0.3 is 0 Å². The predicted octanol–water partition coefficient (Wildman–Crippen LogP) is 2.66. The maximum Gasteiger partial charge on any atom is 0.273 e. The summed E-state index contributed by atoms with van der Waals surface area (Å²) in [6.45, 7) is 1.77. The molecule has 1 amide bonds. The monoisotopic (exact) mass is 356 g/mol. The van der Waals surface area contributed by atoms with Crippen molar-refractivity contribution in [3.05, 3.63) is 45.1 Å². The Kier molecular flexibility index (Phi) is 4.41. The van der Waals surface area contributed by atoms with Crippen LogP contribution in [0.2, 0.25) is 5.02 Å². The third kappa shape index (κ3) is 3.37. The molecule has 6 nitrogen and oxygen atoms in total. The number of phenolic OH excluding ortho intramolecular Hbond substituents is 1. The van der Waals surface area contributed by atoms with E-state index in [0.717, 1.165) is 10.0 Å². The van der Waals surface area contributed by atoms with Gasteiger partial charge in [-0.1, -0.05) is 11.6 Å². The average Bonchev–Trinajstić information content (AvgIpc) is 2.42. The first-order chi connectivity index (χ1) is 9.47. The molecule has 0 saturated carbocycles. The van der Waals surface area contributed by atoms with Crippen molar-refractivity contribution in [1.29, 1.82) is 0 Å². The van der Waals surface area contributed by atoms with Crippen LogP contribution in [0.5, 0.6) is 5.75 Å². The Morgan fingerprint density at radius 3 is 2.65 bits per heavy atom. The smallest absolute Gasteiger partial charge is 0.273 e. The van der Waals surface area contributed by atoms with E-state index in [0.29, 0.717) is 0 Å². The molecule has 3 N–H and O–H groups in total. The van der Waals surface area contributed by atoms with E-state index in [1.807, 2.05) is 0 Å². The molecule has 20 heavy (non-hydrogen) atoms. The van der Waals surface area contributed by atoms with Gasteiger partial charge in [-0.2, -0.15) is 0 Å². The van der Waals surface area contributed by atoms with Gasteiger partial charge in [0.1, 0.15) is 5.75 Å². The second kappa shape index (κ2) is 6.06. The maximum absolute atomic E-state index is 12.0. The van der Waals surface area contributed by atoms with Gasteiger partial charge in [0.2, 0.25) is 5.95 Å². The number of hydrazine groups is 1. The van der Waals surface area contributed by atoms with Crippen LogP contribution in [0, 0.1) is 6.92 Å². The summed E-state index contributed by atoms with van der Waals surface area (Å²) in [5.41, 5.74) is 5.75.